The molecule has 0 saturated carbocycles. The number of para-hydroxylation sites is 6. The first-order chi connectivity index (χ1) is 20.5. The van der Waals surface area contributed by atoms with Crippen LogP contribution in [0.3, 0.4) is 0 Å². The average Bonchev–Trinajstić information content (AvgIpc) is 3.51. The number of hydrogen-bond donors (Lipinski definition) is 4. The molecule has 8 rings (SSSR count). The fourth-order valence-electron chi connectivity index (χ4n) is 5.82. The van der Waals surface area contributed by atoms with Gasteiger partial charge in [-0.1, -0.05) is 84.9 Å². The molecule has 204 valence electrons. The summed E-state index contributed by atoms with van der Waals surface area (Å²) in [4.78, 5) is 0. The zero-order valence-corrected chi connectivity index (χ0v) is 22.4. The number of benzene rings is 6. The number of phenolic OH excluding ortho intramolecular Hbond substituents is 4. The minimum absolute atomic E-state index is 0.0570. The maximum atomic E-state index is 10.2. The monoisotopic (exact) mass is 550 g/mol. The Morgan fingerprint density at radius 1 is 0.286 bits per heavy atom. The van der Waals surface area contributed by atoms with Crippen LogP contribution in [0.5, 0.6) is 23.0 Å². The Morgan fingerprint density at radius 2 is 0.524 bits per heavy atom. The van der Waals surface area contributed by atoms with Crippen molar-refractivity contribution in [2.24, 2.45) is 0 Å². The van der Waals surface area contributed by atoms with Crippen LogP contribution in [0.15, 0.2) is 133 Å². The van der Waals surface area contributed by atoms with Crippen molar-refractivity contribution < 1.29 is 20.4 Å². The number of aromatic hydroxyl groups is 4. The Kier molecular flexibility index (Phi) is 5.95. The van der Waals surface area contributed by atoms with Gasteiger partial charge in [0.1, 0.15) is 34.4 Å². The third-order valence-corrected chi connectivity index (χ3v) is 7.59. The predicted octanol–water partition coefficient (Wildman–Crippen LogP) is 8.39. The molecular weight excluding hydrogens is 524 g/mol. The minimum Gasteiger partial charge on any atom is -0.506 e. The third kappa shape index (κ3) is 3.89. The largest absolute Gasteiger partial charge is 0.506 e. The standard InChI is InChI=1S/2C18H13NO2/c2*20-16-10-5-11-17(21)18(16)19-14-8-3-1-6-12(14)13-7-2-4-9-15(13)19/h2*1-11,20-21H. The van der Waals surface area contributed by atoms with Gasteiger partial charge in [0.2, 0.25) is 0 Å². The van der Waals surface area contributed by atoms with E-state index in [4.69, 9.17) is 0 Å². The number of phenols is 4. The summed E-state index contributed by atoms with van der Waals surface area (Å²) in [6.07, 6.45) is 0. The Hall–Kier alpha value is -5.88. The smallest absolute Gasteiger partial charge is 0.143 e. The van der Waals surface area contributed by atoms with E-state index in [0.29, 0.717) is 11.4 Å². The molecule has 0 fully saturated rings. The van der Waals surface area contributed by atoms with Crippen LogP contribution >= 0.6 is 0 Å². The predicted molar refractivity (Wildman–Crippen MR) is 168 cm³/mol. The molecule has 6 nitrogen and oxygen atoms in total. The Morgan fingerprint density at radius 3 is 0.786 bits per heavy atom. The SMILES string of the molecule is Oc1cccc(O)c1-n1c2ccccc2c2ccccc21.Oc1cccc(O)c1-n1c2ccccc2c2ccccc21. The van der Waals surface area contributed by atoms with E-state index in [1.54, 1.807) is 36.4 Å². The van der Waals surface area contributed by atoms with Gasteiger partial charge in [-0.15, -0.1) is 0 Å². The van der Waals surface area contributed by atoms with E-state index in [2.05, 4.69) is 0 Å². The number of nitrogens with zero attached hydrogens (tertiary/aromatic N) is 2. The van der Waals surface area contributed by atoms with Crippen LogP contribution in [0.2, 0.25) is 0 Å². The van der Waals surface area contributed by atoms with Crippen molar-refractivity contribution in [2.75, 3.05) is 0 Å². The second kappa shape index (κ2) is 9.94. The molecule has 0 aliphatic heterocycles. The summed E-state index contributed by atoms with van der Waals surface area (Å²) in [6, 6.07) is 41.5. The van der Waals surface area contributed by atoms with Gasteiger partial charge in [-0.05, 0) is 48.5 Å². The number of rotatable bonds is 2. The lowest BCUT2D eigenvalue weighted by atomic mass is 10.2. The van der Waals surface area contributed by atoms with Crippen molar-refractivity contribution in [3.8, 4) is 34.4 Å². The molecule has 2 heterocycles. The molecular formula is C36H26N2O4. The fraction of sp³-hybridized carbons (Fsp3) is 0. The molecule has 42 heavy (non-hydrogen) atoms. The highest BCUT2D eigenvalue weighted by Gasteiger charge is 2.18. The van der Waals surface area contributed by atoms with Gasteiger partial charge >= 0.3 is 0 Å². The van der Waals surface area contributed by atoms with Gasteiger partial charge in [-0.2, -0.15) is 0 Å². The topological polar surface area (TPSA) is 90.8 Å². The van der Waals surface area contributed by atoms with E-state index < -0.39 is 0 Å². The van der Waals surface area contributed by atoms with Crippen molar-refractivity contribution in [1.29, 1.82) is 0 Å². The molecule has 4 N–H and O–H groups in total. The van der Waals surface area contributed by atoms with Crippen LogP contribution < -0.4 is 0 Å². The lowest BCUT2D eigenvalue weighted by Gasteiger charge is -2.11. The molecule has 0 radical (unpaired) electrons. The Bertz CT molecular complexity index is 1950. The minimum atomic E-state index is 0.0570. The molecule has 8 aromatic rings. The maximum absolute atomic E-state index is 10.2. The van der Waals surface area contributed by atoms with Gasteiger partial charge in [0, 0.05) is 21.5 Å². The van der Waals surface area contributed by atoms with Gasteiger partial charge < -0.3 is 29.6 Å². The van der Waals surface area contributed by atoms with E-state index in [0.717, 1.165) is 43.6 Å². The normalized spacial score (nSPS) is 11.2. The first kappa shape index (κ1) is 25.1. The highest BCUT2D eigenvalue weighted by atomic mass is 16.3. The molecule has 6 aromatic carbocycles. The van der Waals surface area contributed by atoms with Gasteiger partial charge in [0.25, 0.3) is 0 Å². The zero-order valence-electron chi connectivity index (χ0n) is 22.4. The van der Waals surface area contributed by atoms with Crippen molar-refractivity contribution in [1.82, 2.24) is 9.13 Å². The second-order valence-electron chi connectivity index (χ2n) is 10.0. The zero-order chi connectivity index (χ0) is 28.8. The second-order valence-corrected chi connectivity index (χ2v) is 10.0. The van der Waals surface area contributed by atoms with Crippen LogP contribution in [-0.2, 0) is 0 Å². The van der Waals surface area contributed by atoms with Crippen molar-refractivity contribution in [3.05, 3.63) is 133 Å². The summed E-state index contributed by atoms with van der Waals surface area (Å²) in [5, 5.41) is 45.2. The lowest BCUT2D eigenvalue weighted by molar-refractivity contribution is 0.446. The van der Waals surface area contributed by atoms with Crippen LogP contribution in [0.25, 0.3) is 55.0 Å². The summed E-state index contributed by atoms with van der Waals surface area (Å²) < 4.78 is 3.80. The van der Waals surface area contributed by atoms with E-state index in [-0.39, 0.29) is 23.0 Å². The van der Waals surface area contributed by atoms with Gasteiger partial charge in [0.05, 0.1) is 22.1 Å². The van der Waals surface area contributed by atoms with E-state index in [1.165, 1.54) is 0 Å². The number of fused-ring (bicyclic) bond motifs is 6. The third-order valence-electron chi connectivity index (χ3n) is 7.59. The summed E-state index contributed by atoms with van der Waals surface area (Å²) >= 11 is 0. The molecule has 0 aliphatic rings. The highest BCUT2D eigenvalue weighted by Crippen LogP contribution is 2.40. The van der Waals surface area contributed by atoms with Crippen LogP contribution in [-0.4, -0.2) is 29.6 Å². The summed E-state index contributed by atoms with van der Waals surface area (Å²) in [5.74, 6) is 0.228. The molecule has 2 aromatic heterocycles. The van der Waals surface area contributed by atoms with Crippen LogP contribution in [0, 0.1) is 0 Å². The van der Waals surface area contributed by atoms with Gasteiger partial charge in [-0.25, -0.2) is 0 Å². The van der Waals surface area contributed by atoms with Crippen molar-refractivity contribution in [2.45, 2.75) is 0 Å². The van der Waals surface area contributed by atoms with E-state index in [9.17, 15) is 20.4 Å². The van der Waals surface area contributed by atoms with Gasteiger partial charge in [-0.3, -0.25) is 0 Å². The lowest BCUT2D eigenvalue weighted by Crippen LogP contribution is -1.94. The molecule has 0 atom stereocenters. The molecule has 6 heteroatoms. The fourth-order valence-corrected chi connectivity index (χ4v) is 5.82. The Labute approximate surface area is 240 Å². The molecule has 0 aliphatic carbocycles. The molecule has 0 spiro atoms. The van der Waals surface area contributed by atoms with Gasteiger partial charge in [0.15, 0.2) is 0 Å². The molecule has 0 saturated heterocycles. The van der Waals surface area contributed by atoms with E-state index >= 15 is 0 Å². The van der Waals surface area contributed by atoms with Crippen molar-refractivity contribution >= 4 is 43.6 Å². The number of aromatic nitrogens is 2. The van der Waals surface area contributed by atoms with E-state index in [1.807, 2.05) is 106 Å². The summed E-state index contributed by atoms with van der Waals surface area (Å²) in [5.41, 5.74) is 4.64. The first-order valence-electron chi connectivity index (χ1n) is 13.5. The quantitative estimate of drug-likeness (QED) is 0.174. The first-order valence-corrected chi connectivity index (χ1v) is 13.5. The summed E-state index contributed by atoms with van der Waals surface area (Å²) in [7, 11) is 0. The van der Waals surface area contributed by atoms with Crippen LogP contribution in [0.4, 0.5) is 0 Å². The van der Waals surface area contributed by atoms with Crippen molar-refractivity contribution in [3.63, 3.8) is 0 Å². The molecule has 0 unspecified atom stereocenters. The summed E-state index contributed by atoms with van der Waals surface area (Å²) in [6.45, 7) is 0. The maximum Gasteiger partial charge on any atom is 0.143 e. The molecule has 0 bridgehead atoms. The highest BCUT2D eigenvalue weighted by molar-refractivity contribution is 6.10. The number of hydrogen-bond acceptors (Lipinski definition) is 4. The average molecular weight is 551 g/mol. The molecule has 0 amide bonds. The Balaban J connectivity index is 0.000000137. The van der Waals surface area contributed by atoms with Crippen LogP contribution in [0.1, 0.15) is 0 Å².